The molecule has 1 aromatic heterocycles. The summed E-state index contributed by atoms with van der Waals surface area (Å²) in [5, 5.41) is 9.69. The molecule has 0 aliphatic rings. The van der Waals surface area contributed by atoms with Gasteiger partial charge in [-0.15, -0.1) is 0 Å². The van der Waals surface area contributed by atoms with Gasteiger partial charge < -0.3 is 9.52 Å². The normalized spacial score (nSPS) is 10.1. The van der Waals surface area contributed by atoms with Crippen LogP contribution in [0.1, 0.15) is 0 Å². The third-order valence-corrected chi connectivity index (χ3v) is 2.43. The molecule has 0 unspecified atom stereocenters. The molecule has 2 aromatic carbocycles. The number of hydrogen-bond acceptors (Lipinski definition) is 3. The maximum absolute atomic E-state index is 9.69. The van der Waals surface area contributed by atoms with Crippen molar-refractivity contribution in [3.8, 4) is 17.2 Å². The predicted octanol–water partition coefficient (Wildman–Crippen LogP) is 3.20. The monoisotopic (exact) mass is 350 g/mol. The van der Waals surface area contributed by atoms with Crippen molar-refractivity contribution in [3.05, 3.63) is 48.5 Å². The largest absolute Gasteiger partial charge is 0.507 e. The second-order valence-electron chi connectivity index (χ2n) is 3.50. The molecule has 17 heavy (non-hydrogen) atoms. The van der Waals surface area contributed by atoms with E-state index in [1.54, 1.807) is 18.2 Å². The van der Waals surface area contributed by atoms with E-state index in [1.165, 1.54) is 0 Å². The van der Waals surface area contributed by atoms with Gasteiger partial charge in [0.15, 0.2) is 5.58 Å². The van der Waals surface area contributed by atoms with Gasteiger partial charge in [-0.25, -0.2) is 4.98 Å². The van der Waals surface area contributed by atoms with Crippen molar-refractivity contribution in [1.82, 2.24) is 4.98 Å². The summed E-state index contributed by atoms with van der Waals surface area (Å²) in [6.45, 7) is 0. The summed E-state index contributed by atoms with van der Waals surface area (Å²) in [6.07, 6.45) is 0. The maximum atomic E-state index is 9.69. The Balaban J connectivity index is 0.00000108. The van der Waals surface area contributed by atoms with E-state index in [2.05, 4.69) is 4.98 Å². The molecule has 0 fully saturated rings. The number of phenols is 1. The summed E-state index contributed by atoms with van der Waals surface area (Å²) in [5.41, 5.74) is 2.13. The molecule has 1 N–H and O–H groups in total. The quantitative estimate of drug-likeness (QED) is 0.733. The third-order valence-electron chi connectivity index (χ3n) is 2.43. The molecule has 0 spiro atoms. The van der Waals surface area contributed by atoms with Crippen molar-refractivity contribution in [1.29, 1.82) is 0 Å². The molecular weight excluding hydrogens is 341 g/mol. The van der Waals surface area contributed by atoms with E-state index >= 15 is 0 Å². The van der Waals surface area contributed by atoms with Crippen LogP contribution in [0.5, 0.6) is 5.75 Å². The number of benzene rings is 2. The summed E-state index contributed by atoms with van der Waals surface area (Å²) in [6, 6.07) is 14.5. The molecule has 0 bridgehead atoms. The Labute approximate surface area is 126 Å². The molecular formula is C13H9LaNO2. The van der Waals surface area contributed by atoms with Crippen LogP contribution < -0.4 is 0 Å². The Morgan fingerprint density at radius 3 is 2.41 bits per heavy atom. The number of nitrogens with zero attached hydrogens (tertiary/aromatic N) is 1. The number of hydrogen-bond donors (Lipinski definition) is 1. The zero-order chi connectivity index (χ0) is 11.0. The Bertz CT molecular complexity index is 615. The molecule has 81 valence electrons. The minimum atomic E-state index is 0. The van der Waals surface area contributed by atoms with Crippen molar-refractivity contribution < 1.29 is 45.1 Å². The van der Waals surface area contributed by atoms with Gasteiger partial charge in [0.2, 0.25) is 5.89 Å². The maximum Gasteiger partial charge on any atom is 0.231 e. The van der Waals surface area contributed by atoms with Crippen LogP contribution in [0.2, 0.25) is 0 Å². The van der Waals surface area contributed by atoms with E-state index in [1.807, 2.05) is 30.3 Å². The van der Waals surface area contributed by atoms with Gasteiger partial charge in [0.25, 0.3) is 0 Å². The molecule has 0 saturated heterocycles. The van der Waals surface area contributed by atoms with Gasteiger partial charge in [-0.1, -0.05) is 24.3 Å². The fourth-order valence-corrected chi connectivity index (χ4v) is 1.64. The van der Waals surface area contributed by atoms with E-state index in [9.17, 15) is 5.11 Å². The first kappa shape index (κ1) is 12.4. The van der Waals surface area contributed by atoms with E-state index in [0.29, 0.717) is 11.5 Å². The molecule has 3 nitrogen and oxygen atoms in total. The van der Waals surface area contributed by atoms with E-state index in [0.717, 1.165) is 11.1 Å². The van der Waals surface area contributed by atoms with Gasteiger partial charge in [0, 0.05) is 35.6 Å². The van der Waals surface area contributed by atoms with Crippen LogP contribution in [0.15, 0.2) is 52.9 Å². The summed E-state index contributed by atoms with van der Waals surface area (Å²) < 4.78 is 5.56. The van der Waals surface area contributed by atoms with Crippen LogP contribution in [-0.2, 0) is 0 Å². The molecule has 0 saturated carbocycles. The molecule has 0 aliphatic heterocycles. The molecule has 0 atom stereocenters. The molecule has 3 rings (SSSR count). The van der Waals surface area contributed by atoms with Crippen LogP contribution >= 0.6 is 0 Å². The molecule has 1 heterocycles. The Kier molecular flexibility index (Phi) is 3.67. The second-order valence-corrected chi connectivity index (χ2v) is 3.50. The predicted molar refractivity (Wildman–Crippen MR) is 61.1 cm³/mol. The minimum Gasteiger partial charge on any atom is -0.507 e. The molecule has 0 amide bonds. The first-order valence-electron chi connectivity index (χ1n) is 4.98. The van der Waals surface area contributed by atoms with Crippen molar-refractivity contribution in [2.24, 2.45) is 0 Å². The number of aromatic hydroxyl groups is 1. The van der Waals surface area contributed by atoms with Crippen LogP contribution in [-0.4, -0.2) is 10.1 Å². The van der Waals surface area contributed by atoms with Crippen molar-refractivity contribution >= 4 is 11.1 Å². The average molecular weight is 350 g/mol. The van der Waals surface area contributed by atoms with Gasteiger partial charge >= 0.3 is 0 Å². The van der Waals surface area contributed by atoms with Gasteiger partial charge in [-0.2, -0.15) is 0 Å². The van der Waals surface area contributed by atoms with Crippen molar-refractivity contribution in [3.63, 3.8) is 0 Å². The Morgan fingerprint density at radius 2 is 1.65 bits per heavy atom. The zero-order valence-electron chi connectivity index (χ0n) is 9.00. The second kappa shape index (κ2) is 5.04. The fourth-order valence-electron chi connectivity index (χ4n) is 1.64. The minimum absolute atomic E-state index is 0. The Morgan fingerprint density at radius 1 is 0.941 bits per heavy atom. The SMILES string of the molecule is Oc1ccccc1-c1nc2ccccc2o1.[La]. The number of fused-ring (bicyclic) bond motifs is 1. The van der Waals surface area contributed by atoms with Gasteiger partial charge in [0.05, 0.1) is 5.56 Å². The third kappa shape index (κ3) is 2.29. The topological polar surface area (TPSA) is 46.3 Å². The van der Waals surface area contributed by atoms with Crippen LogP contribution in [0.25, 0.3) is 22.6 Å². The Hall–Kier alpha value is -1.10. The first-order valence-corrected chi connectivity index (χ1v) is 4.98. The molecule has 0 aliphatic carbocycles. The van der Waals surface area contributed by atoms with Crippen LogP contribution in [0.3, 0.4) is 0 Å². The summed E-state index contributed by atoms with van der Waals surface area (Å²) in [7, 11) is 0. The number of phenolic OH excluding ortho intramolecular Hbond substituents is 1. The van der Waals surface area contributed by atoms with Crippen LogP contribution in [0.4, 0.5) is 0 Å². The van der Waals surface area contributed by atoms with Gasteiger partial charge in [-0.05, 0) is 24.3 Å². The number of para-hydroxylation sites is 3. The average Bonchev–Trinajstić information content (AvgIpc) is 2.73. The fraction of sp³-hybridized carbons (Fsp3) is 0. The van der Waals surface area contributed by atoms with E-state index in [-0.39, 0.29) is 41.3 Å². The van der Waals surface area contributed by atoms with E-state index < -0.39 is 0 Å². The van der Waals surface area contributed by atoms with Crippen molar-refractivity contribution in [2.45, 2.75) is 0 Å². The molecule has 1 radical (unpaired) electrons. The first-order chi connectivity index (χ1) is 7.84. The summed E-state index contributed by atoms with van der Waals surface area (Å²) >= 11 is 0. The summed E-state index contributed by atoms with van der Waals surface area (Å²) in [5.74, 6) is 0.619. The number of rotatable bonds is 1. The number of aromatic nitrogens is 1. The smallest absolute Gasteiger partial charge is 0.231 e. The van der Waals surface area contributed by atoms with E-state index in [4.69, 9.17) is 4.42 Å². The standard InChI is InChI=1S/C13H9NO2.La/c15-11-7-3-1-5-9(11)13-14-10-6-2-4-8-12(10)16-13;/h1-8,15H;. The van der Waals surface area contributed by atoms with Gasteiger partial charge in [0.1, 0.15) is 11.3 Å². The molecule has 4 heteroatoms. The molecule has 3 aromatic rings. The number of oxazole rings is 1. The van der Waals surface area contributed by atoms with Crippen LogP contribution in [0, 0.1) is 35.6 Å². The van der Waals surface area contributed by atoms with Crippen molar-refractivity contribution in [2.75, 3.05) is 0 Å². The van der Waals surface area contributed by atoms with Gasteiger partial charge in [-0.3, -0.25) is 0 Å². The summed E-state index contributed by atoms with van der Waals surface area (Å²) in [4.78, 5) is 4.32. The zero-order valence-corrected chi connectivity index (χ0v) is 12.6.